The van der Waals surface area contributed by atoms with E-state index in [0.29, 0.717) is 11.7 Å². The lowest BCUT2D eigenvalue weighted by molar-refractivity contribution is 0.0329. The van der Waals surface area contributed by atoms with E-state index in [0.717, 1.165) is 51.2 Å². The van der Waals surface area contributed by atoms with Gasteiger partial charge in [-0.1, -0.05) is 0 Å². The number of ether oxygens (including phenoxy) is 1. The van der Waals surface area contributed by atoms with Gasteiger partial charge in [0.15, 0.2) is 0 Å². The van der Waals surface area contributed by atoms with Crippen LogP contribution in [-0.2, 0) is 4.74 Å². The zero-order chi connectivity index (χ0) is 13.3. The van der Waals surface area contributed by atoms with Gasteiger partial charge in [0.25, 0.3) is 0 Å². The molecule has 1 aromatic rings. The van der Waals surface area contributed by atoms with Crippen LogP contribution in [0.2, 0.25) is 0 Å². The number of nitrogens with one attached hydrogen (secondary N) is 2. The van der Waals surface area contributed by atoms with Gasteiger partial charge in [-0.25, -0.2) is 0 Å². The smallest absolute Gasteiger partial charge is 0.0991 e. The van der Waals surface area contributed by atoms with Crippen molar-refractivity contribution in [1.82, 2.24) is 5.32 Å². The molecule has 1 fully saturated rings. The summed E-state index contributed by atoms with van der Waals surface area (Å²) in [6.45, 7) is 3.87. The molecule has 1 aliphatic heterocycles. The van der Waals surface area contributed by atoms with E-state index in [-0.39, 0.29) is 0 Å². The Kier molecular flexibility index (Phi) is 5.67. The average Bonchev–Trinajstić information content (AvgIpc) is 2.49. The Hall–Kier alpha value is -1.57. The third-order valence-electron chi connectivity index (χ3n) is 3.30. The molecule has 0 aromatic heterocycles. The van der Waals surface area contributed by atoms with Gasteiger partial charge in [0.2, 0.25) is 0 Å². The fraction of sp³-hybridized carbons (Fsp3) is 0.533. The molecule has 4 heteroatoms. The van der Waals surface area contributed by atoms with Crippen molar-refractivity contribution in [2.45, 2.75) is 25.4 Å². The van der Waals surface area contributed by atoms with Gasteiger partial charge >= 0.3 is 0 Å². The third kappa shape index (κ3) is 4.90. The van der Waals surface area contributed by atoms with Crippen LogP contribution in [0.5, 0.6) is 0 Å². The van der Waals surface area contributed by atoms with Crippen LogP contribution in [0.1, 0.15) is 24.8 Å². The van der Waals surface area contributed by atoms with Crippen molar-refractivity contribution in [3.63, 3.8) is 0 Å². The molecule has 0 bridgehead atoms. The fourth-order valence-corrected chi connectivity index (χ4v) is 2.18. The second kappa shape index (κ2) is 7.78. The molecule has 0 spiro atoms. The quantitative estimate of drug-likeness (QED) is 0.768. The van der Waals surface area contributed by atoms with Crippen LogP contribution < -0.4 is 10.6 Å². The molecule has 4 nitrogen and oxygen atoms in total. The zero-order valence-corrected chi connectivity index (χ0v) is 11.2. The molecule has 0 atom stereocenters. The predicted octanol–water partition coefficient (Wildman–Crippen LogP) is 2.13. The Bertz CT molecular complexity index is 404. The molecule has 0 saturated carbocycles. The van der Waals surface area contributed by atoms with Gasteiger partial charge in [0, 0.05) is 18.8 Å². The minimum Gasteiger partial charge on any atom is -0.385 e. The van der Waals surface area contributed by atoms with E-state index >= 15 is 0 Å². The van der Waals surface area contributed by atoms with Gasteiger partial charge in [0.05, 0.1) is 17.7 Å². The van der Waals surface area contributed by atoms with Crippen LogP contribution in [0, 0.1) is 11.3 Å². The topological polar surface area (TPSA) is 57.1 Å². The summed E-state index contributed by atoms with van der Waals surface area (Å²) in [5.41, 5.74) is 1.75. The first-order valence-corrected chi connectivity index (χ1v) is 6.95. The number of hydrogen-bond acceptors (Lipinski definition) is 4. The van der Waals surface area contributed by atoms with Crippen LogP contribution >= 0.6 is 0 Å². The van der Waals surface area contributed by atoms with Crippen LogP contribution in [0.25, 0.3) is 0 Å². The van der Waals surface area contributed by atoms with E-state index < -0.39 is 0 Å². The summed E-state index contributed by atoms with van der Waals surface area (Å²) in [5, 5.41) is 15.4. The number of piperidine rings is 1. The highest BCUT2D eigenvalue weighted by molar-refractivity contribution is 5.46. The van der Waals surface area contributed by atoms with Gasteiger partial charge in [-0.15, -0.1) is 0 Å². The van der Waals surface area contributed by atoms with Crippen molar-refractivity contribution in [3.8, 4) is 6.07 Å². The molecular formula is C15H21N3O. The number of benzene rings is 1. The summed E-state index contributed by atoms with van der Waals surface area (Å²) in [6.07, 6.45) is 3.70. The van der Waals surface area contributed by atoms with Crippen LogP contribution in [0.4, 0.5) is 5.69 Å². The number of anilines is 1. The molecule has 2 rings (SSSR count). The maximum atomic E-state index is 8.71. The number of nitriles is 1. The number of rotatable bonds is 6. The molecule has 1 saturated heterocycles. The van der Waals surface area contributed by atoms with Crippen molar-refractivity contribution in [2.24, 2.45) is 0 Å². The van der Waals surface area contributed by atoms with E-state index in [1.165, 1.54) is 0 Å². The first kappa shape index (κ1) is 13.9. The largest absolute Gasteiger partial charge is 0.385 e. The minimum atomic E-state index is 0.441. The molecule has 19 heavy (non-hydrogen) atoms. The highest BCUT2D eigenvalue weighted by atomic mass is 16.5. The van der Waals surface area contributed by atoms with Crippen molar-refractivity contribution >= 4 is 5.69 Å². The van der Waals surface area contributed by atoms with Crippen molar-refractivity contribution < 1.29 is 4.74 Å². The van der Waals surface area contributed by atoms with E-state index in [2.05, 4.69) is 16.7 Å². The molecular weight excluding hydrogens is 238 g/mol. The summed E-state index contributed by atoms with van der Waals surface area (Å²) in [5.74, 6) is 0. The van der Waals surface area contributed by atoms with Crippen molar-refractivity contribution in [3.05, 3.63) is 29.8 Å². The molecule has 0 amide bonds. The Morgan fingerprint density at radius 1 is 1.26 bits per heavy atom. The monoisotopic (exact) mass is 259 g/mol. The first-order chi connectivity index (χ1) is 9.38. The van der Waals surface area contributed by atoms with Gasteiger partial charge in [-0.2, -0.15) is 5.26 Å². The predicted molar refractivity (Wildman–Crippen MR) is 76.1 cm³/mol. The van der Waals surface area contributed by atoms with Crippen LogP contribution in [0.15, 0.2) is 24.3 Å². The molecule has 0 aliphatic carbocycles. The maximum Gasteiger partial charge on any atom is 0.0991 e. The molecule has 1 heterocycles. The summed E-state index contributed by atoms with van der Waals surface area (Å²) in [6, 6.07) is 9.64. The van der Waals surface area contributed by atoms with Crippen molar-refractivity contribution in [1.29, 1.82) is 5.26 Å². The lowest BCUT2D eigenvalue weighted by atomic mass is 10.1. The standard InChI is InChI=1S/C15H21N3O/c16-12-13-2-4-14(5-3-13)18-8-1-11-19-15-6-9-17-10-7-15/h2-5,15,17-18H,1,6-11H2. The maximum absolute atomic E-state index is 8.71. The fourth-order valence-electron chi connectivity index (χ4n) is 2.18. The third-order valence-corrected chi connectivity index (χ3v) is 3.30. The lowest BCUT2D eigenvalue weighted by Crippen LogP contribution is -2.32. The molecule has 2 N–H and O–H groups in total. The molecule has 1 aromatic carbocycles. The van der Waals surface area contributed by atoms with E-state index in [9.17, 15) is 0 Å². The van der Waals surface area contributed by atoms with Gasteiger partial charge < -0.3 is 15.4 Å². The number of hydrogen-bond donors (Lipinski definition) is 2. The second-order valence-electron chi connectivity index (χ2n) is 4.79. The van der Waals surface area contributed by atoms with Gasteiger partial charge in [-0.3, -0.25) is 0 Å². The Morgan fingerprint density at radius 2 is 2.00 bits per heavy atom. The minimum absolute atomic E-state index is 0.441. The average molecular weight is 259 g/mol. The van der Waals surface area contributed by atoms with E-state index in [4.69, 9.17) is 10.00 Å². The number of nitrogens with zero attached hydrogens (tertiary/aromatic N) is 1. The highest BCUT2D eigenvalue weighted by Gasteiger charge is 2.12. The van der Waals surface area contributed by atoms with Crippen LogP contribution in [0.3, 0.4) is 0 Å². The Balaban J connectivity index is 1.57. The summed E-state index contributed by atoms with van der Waals surface area (Å²) < 4.78 is 5.83. The summed E-state index contributed by atoms with van der Waals surface area (Å²) in [4.78, 5) is 0. The van der Waals surface area contributed by atoms with E-state index in [1.54, 1.807) is 0 Å². The molecule has 0 radical (unpaired) electrons. The molecule has 0 unspecified atom stereocenters. The Morgan fingerprint density at radius 3 is 2.68 bits per heavy atom. The SMILES string of the molecule is N#Cc1ccc(NCCCOC2CCNCC2)cc1. The summed E-state index contributed by atoms with van der Waals surface area (Å²) in [7, 11) is 0. The molecule has 1 aliphatic rings. The highest BCUT2D eigenvalue weighted by Crippen LogP contribution is 2.09. The Labute approximate surface area is 114 Å². The molecule has 102 valence electrons. The zero-order valence-electron chi connectivity index (χ0n) is 11.2. The summed E-state index contributed by atoms with van der Waals surface area (Å²) >= 11 is 0. The second-order valence-corrected chi connectivity index (χ2v) is 4.79. The normalized spacial score (nSPS) is 15.9. The lowest BCUT2D eigenvalue weighted by Gasteiger charge is -2.22. The van der Waals surface area contributed by atoms with Crippen molar-refractivity contribution in [2.75, 3.05) is 31.6 Å². The first-order valence-electron chi connectivity index (χ1n) is 6.95. The van der Waals surface area contributed by atoms with Gasteiger partial charge in [-0.05, 0) is 56.6 Å². The van der Waals surface area contributed by atoms with E-state index in [1.807, 2.05) is 24.3 Å². The van der Waals surface area contributed by atoms with Gasteiger partial charge in [0.1, 0.15) is 0 Å². The van der Waals surface area contributed by atoms with Crippen LogP contribution in [-0.4, -0.2) is 32.3 Å².